The summed E-state index contributed by atoms with van der Waals surface area (Å²) in [6, 6.07) is 14.9. The van der Waals surface area contributed by atoms with Crippen molar-refractivity contribution in [3.05, 3.63) is 66.0 Å². The van der Waals surface area contributed by atoms with Crippen LogP contribution >= 0.6 is 0 Å². The zero-order chi connectivity index (χ0) is 16.8. The highest BCUT2D eigenvalue weighted by molar-refractivity contribution is 5.78. The van der Waals surface area contributed by atoms with Gasteiger partial charge in [0.2, 0.25) is 5.91 Å². The van der Waals surface area contributed by atoms with E-state index in [4.69, 9.17) is 4.74 Å². The summed E-state index contributed by atoms with van der Waals surface area (Å²) in [6.07, 6.45) is 2.62. The maximum Gasteiger partial charge on any atom is 0.223 e. The first-order valence-electron chi connectivity index (χ1n) is 8.24. The van der Waals surface area contributed by atoms with Crippen molar-refractivity contribution in [2.75, 3.05) is 19.8 Å². The van der Waals surface area contributed by atoms with Gasteiger partial charge in [-0.1, -0.05) is 36.4 Å². The Hall–Kier alpha value is -2.27. The van der Waals surface area contributed by atoms with Gasteiger partial charge in [0.25, 0.3) is 0 Å². The fourth-order valence-electron chi connectivity index (χ4n) is 3.18. The van der Waals surface area contributed by atoms with E-state index < -0.39 is 12.8 Å². The summed E-state index contributed by atoms with van der Waals surface area (Å²) < 4.78 is 18.6. The van der Waals surface area contributed by atoms with Crippen molar-refractivity contribution in [2.45, 2.75) is 25.0 Å². The molecule has 2 aromatic rings. The van der Waals surface area contributed by atoms with Crippen LogP contribution in [-0.2, 0) is 9.53 Å². The number of nitrogens with zero attached hydrogens (tertiary/aromatic N) is 2. The van der Waals surface area contributed by atoms with Gasteiger partial charge in [0.05, 0.1) is 12.3 Å². The van der Waals surface area contributed by atoms with Crippen LogP contribution in [0.2, 0.25) is 0 Å². The number of hydrogen-bond acceptors (Lipinski definition) is 3. The smallest absolute Gasteiger partial charge is 0.223 e. The lowest BCUT2D eigenvalue weighted by atomic mass is 9.97. The van der Waals surface area contributed by atoms with E-state index in [0.717, 1.165) is 17.7 Å². The van der Waals surface area contributed by atoms with Crippen LogP contribution < -0.4 is 0 Å². The Morgan fingerprint density at radius 3 is 2.58 bits per heavy atom. The zero-order valence-electron chi connectivity index (χ0n) is 13.5. The number of hydrogen-bond donors (Lipinski definition) is 0. The Kier molecular flexibility index (Phi) is 5.54. The van der Waals surface area contributed by atoms with E-state index in [0.29, 0.717) is 13.0 Å². The molecule has 3 rings (SSSR count). The molecule has 1 aromatic heterocycles. The molecule has 1 fully saturated rings. The predicted octanol–water partition coefficient (Wildman–Crippen LogP) is 3.47. The number of carbonyl (C=O) groups is 1. The number of halogens is 1. The third-order valence-electron chi connectivity index (χ3n) is 4.23. The van der Waals surface area contributed by atoms with Gasteiger partial charge in [0.1, 0.15) is 18.8 Å². The monoisotopic (exact) mass is 328 g/mol. The molecule has 0 aliphatic carbocycles. The van der Waals surface area contributed by atoms with Crippen LogP contribution in [0.3, 0.4) is 0 Å². The topological polar surface area (TPSA) is 42.4 Å². The van der Waals surface area contributed by atoms with E-state index in [-0.39, 0.29) is 18.6 Å². The van der Waals surface area contributed by atoms with Crippen LogP contribution in [0.1, 0.15) is 36.2 Å². The number of carbonyl (C=O) groups excluding carboxylic acids is 1. The van der Waals surface area contributed by atoms with Crippen LogP contribution in [0.4, 0.5) is 4.39 Å². The fourth-order valence-corrected chi connectivity index (χ4v) is 3.18. The van der Waals surface area contributed by atoms with Crippen LogP contribution in [0.5, 0.6) is 0 Å². The fraction of sp³-hybridized carbons (Fsp3) is 0.368. The highest BCUT2D eigenvalue weighted by atomic mass is 19.1. The average molecular weight is 328 g/mol. The molecule has 0 spiro atoms. The molecule has 5 heteroatoms. The molecule has 0 unspecified atom stereocenters. The molecule has 126 valence electrons. The van der Waals surface area contributed by atoms with Crippen LogP contribution in [0.25, 0.3) is 0 Å². The summed E-state index contributed by atoms with van der Waals surface area (Å²) in [7, 11) is 0. The highest BCUT2D eigenvalue weighted by Crippen LogP contribution is 2.38. The number of benzene rings is 1. The molecule has 1 aromatic carbocycles. The molecule has 1 aliphatic rings. The summed E-state index contributed by atoms with van der Waals surface area (Å²) in [5.41, 5.74) is 1.68. The predicted molar refractivity (Wildman–Crippen MR) is 89.0 cm³/mol. The van der Waals surface area contributed by atoms with E-state index in [2.05, 4.69) is 4.98 Å². The Balaban J connectivity index is 2.01. The van der Waals surface area contributed by atoms with Crippen molar-refractivity contribution in [1.82, 2.24) is 9.88 Å². The molecular weight excluding hydrogens is 307 g/mol. The third kappa shape index (κ3) is 3.62. The van der Waals surface area contributed by atoms with Gasteiger partial charge in [-0.2, -0.15) is 0 Å². The van der Waals surface area contributed by atoms with Crippen molar-refractivity contribution in [1.29, 1.82) is 0 Å². The standard InChI is InChI=1S/C19H21FN2O2/c20-11-14-24-19(15-7-2-1-3-8-15)18(16-9-4-5-12-21-16)22-13-6-10-17(22)23/h1-5,7-9,12,18-19H,6,10-11,13-14H2/t18-,19+/m1/s1. The first-order valence-corrected chi connectivity index (χ1v) is 8.24. The van der Waals surface area contributed by atoms with Crippen LogP contribution in [0, 0.1) is 0 Å². The van der Waals surface area contributed by atoms with Gasteiger partial charge < -0.3 is 9.64 Å². The van der Waals surface area contributed by atoms with E-state index in [1.807, 2.05) is 53.4 Å². The Labute approximate surface area is 141 Å². The van der Waals surface area contributed by atoms with Gasteiger partial charge in [0, 0.05) is 19.2 Å². The van der Waals surface area contributed by atoms with E-state index in [9.17, 15) is 9.18 Å². The lowest BCUT2D eigenvalue weighted by molar-refractivity contribution is -0.134. The van der Waals surface area contributed by atoms with Crippen molar-refractivity contribution >= 4 is 5.91 Å². The van der Waals surface area contributed by atoms with Gasteiger partial charge in [-0.3, -0.25) is 9.78 Å². The Bertz CT molecular complexity index is 651. The largest absolute Gasteiger partial charge is 0.368 e. The number of aromatic nitrogens is 1. The van der Waals surface area contributed by atoms with Crippen molar-refractivity contribution in [2.24, 2.45) is 0 Å². The normalized spacial score (nSPS) is 17.0. The molecule has 0 N–H and O–H groups in total. The minimum atomic E-state index is -0.563. The molecule has 1 saturated heterocycles. The molecule has 0 saturated carbocycles. The average Bonchev–Trinajstić information content (AvgIpc) is 3.05. The number of ether oxygens (including phenoxy) is 1. The second-order valence-electron chi connectivity index (χ2n) is 5.78. The Morgan fingerprint density at radius 2 is 1.96 bits per heavy atom. The molecule has 2 heterocycles. The van der Waals surface area contributed by atoms with Gasteiger partial charge in [-0.15, -0.1) is 0 Å². The van der Waals surface area contributed by atoms with Gasteiger partial charge in [0.15, 0.2) is 0 Å². The zero-order valence-corrected chi connectivity index (χ0v) is 13.5. The second kappa shape index (κ2) is 8.02. The van der Waals surface area contributed by atoms with Crippen molar-refractivity contribution < 1.29 is 13.9 Å². The van der Waals surface area contributed by atoms with E-state index in [1.54, 1.807) is 6.20 Å². The maximum absolute atomic E-state index is 12.8. The number of amides is 1. The summed E-state index contributed by atoms with van der Waals surface area (Å²) in [5, 5.41) is 0. The van der Waals surface area contributed by atoms with Crippen molar-refractivity contribution in [3.8, 4) is 0 Å². The SMILES string of the molecule is O=C1CCCN1[C@H](c1ccccn1)[C@@H](OCCF)c1ccccc1. The number of pyridine rings is 1. The molecule has 2 atom stereocenters. The molecule has 4 nitrogen and oxygen atoms in total. The summed E-state index contributed by atoms with van der Waals surface area (Å²) in [4.78, 5) is 18.6. The molecular formula is C19H21FN2O2. The first-order chi connectivity index (χ1) is 11.8. The van der Waals surface area contributed by atoms with Gasteiger partial charge in [-0.05, 0) is 24.1 Å². The first kappa shape index (κ1) is 16.6. The lowest BCUT2D eigenvalue weighted by Crippen LogP contribution is -2.35. The second-order valence-corrected chi connectivity index (χ2v) is 5.78. The minimum Gasteiger partial charge on any atom is -0.368 e. The number of rotatable bonds is 7. The molecule has 0 bridgehead atoms. The van der Waals surface area contributed by atoms with Gasteiger partial charge >= 0.3 is 0 Å². The lowest BCUT2D eigenvalue weighted by Gasteiger charge is -2.34. The quantitative estimate of drug-likeness (QED) is 0.781. The third-order valence-corrected chi connectivity index (χ3v) is 4.23. The minimum absolute atomic E-state index is 0.00900. The van der Waals surface area contributed by atoms with Crippen LogP contribution in [0.15, 0.2) is 54.7 Å². The molecule has 1 aliphatic heterocycles. The Morgan fingerprint density at radius 1 is 1.17 bits per heavy atom. The summed E-state index contributed by atoms with van der Waals surface area (Å²) >= 11 is 0. The van der Waals surface area contributed by atoms with Gasteiger partial charge in [-0.25, -0.2) is 4.39 Å². The molecule has 1 amide bonds. The van der Waals surface area contributed by atoms with Crippen molar-refractivity contribution in [3.63, 3.8) is 0 Å². The maximum atomic E-state index is 12.8. The molecule has 24 heavy (non-hydrogen) atoms. The number of likely N-dealkylation sites (tertiary alicyclic amines) is 1. The summed E-state index contributed by atoms with van der Waals surface area (Å²) in [5.74, 6) is 0.0930. The van der Waals surface area contributed by atoms with Crippen LogP contribution in [-0.4, -0.2) is 35.6 Å². The number of alkyl halides is 1. The highest BCUT2D eigenvalue weighted by Gasteiger charge is 2.36. The molecule has 0 radical (unpaired) electrons. The van der Waals surface area contributed by atoms with E-state index in [1.165, 1.54) is 0 Å². The summed E-state index contributed by atoms with van der Waals surface area (Å²) in [6.45, 7) is 0.0968. The van der Waals surface area contributed by atoms with E-state index >= 15 is 0 Å².